The maximum absolute atomic E-state index is 13.1. The van der Waals surface area contributed by atoms with E-state index in [9.17, 15) is 9.59 Å². The molecule has 0 bridgehead atoms. The Labute approximate surface area is 286 Å². The topological polar surface area (TPSA) is 132 Å². The summed E-state index contributed by atoms with van der Waals surface area (Å²) in [6, 6.07) is 15.8. The highest BCUT2D eigenvalue weighted by Crippen LogP contribution is 2.42. The number of nitrogens with one attached hydrogen (secondary N) is 2. The van der Waals surface area contributed by atoms with E-state index in [1.165, 1.54) is 0 Å². The van der Waals surface area contributed by atoms with Gasteiger partial charge in [-0.1, -0.05) is 48.5 Å². The van der Waals surface area contributed by atoms with E-state index in [1.807, 2.05) is 90.1 Å². The molecular formula is C34H52N2O10Si2. The molecule has 2 amide bonds. The van der Waals surface area contributed by atoms with Crippen LogP contribution in [0.3, 0.4) is 0 Å². The van der Waals surface area contributed by atoms with Crippen molar-refractivity contribution in [1.29, 1.82) is 0 Å². The zero-order valence-electron chi connectivity index (χ0n) is 29.2. The molecule has 14 heteroatoms. The average molecular weight is 705 g/mol. The van der Waals surface area contributed by atoms with Gasteiger partial charge in [-0.15, -0.1) is 0 Å². The van der Waals surface area contributed by atoms with E-state index in [0.29, 0.717) is 111 Å². The van der Waals surface area contributed by atoms with Crippen molar-refractivity contribution in [3.63, 3.8) is 0 Å². The number of rotatable bonds is 22. The van der Waals surface area contributed by atoms with Gasteiger partial charge in [-0.2, -0.15) is 0 Å². The van der Waals surface area contributed by atoms with Crippen LogP contribution in [0.15, 0.2) is 48.5 Å². The Hall–Kier alpha value is -3.09. The van der Waals surface area contributed by atoms with Crippen molar-refractivity contribution in [3.8, 4) is 11.5 Å². The van der Waals surface area contributed by atoms with Crippen LogP contribution in [0.25, 0.3) is 21.5 Å². The van der Waals surface area contributed by atoms with Gasteiger partial charge in [0.1, 0.15) is 11.5 Å². The Bertz CT molecular complexity index is 1250. The van der Waals surface area contributed by atoms with Gasteiger partial charge in [-0.05, 0) is 54.4 Å². The first kappa shape index (κ1) is 39.4. The van der Waals surface area contributed by atoms with Crippen molar-refractivity contribution in [2.75, 3.05) is 52.7 Å². The molecule has 0 aromatic heterocycles. The molecule has 3 aromatic rings. The standard InChI is InChI=1S/C34H52N2O10Si2/c1-7-39-47(40-8-2,41-9-3)25-17-23-35-33(37)45-31-27-19-13-15-21-29(27)32(30-22-16-14-20-28(30)31)46-34(38)36-24-18-26-48(42-10-4,43-11-5)44-12-6/h13-16,19-22H,7-12,17-18,23-26H2,1-6H3,(H,35,37)(H,36,38). The van der Waals surface area contributed by atoms with Crippen molar-refractivity contribution in [3.05, 3.63) is 48.5 Å². The normalized spacial score (nSPS) is 12.0. The Balaban J connectivity index is 1.72. The molecule has 0 saturated carbocycles. The Morgan fingerprint density at radius 1 is 0.500 bits per heavy atom. The van der Waals surface area contributed by atoms with Crippen molar-refractivity contribution < 1.29 is 45.6 Å². The second kappa shape index (κ2) is 20.4. The first-order chi connectivity index (χ1) is 23.3. The number of fused-ring (bicyclic) bond motifs is 2. The van der Waals surface area contributed by atoms with Crippen LogP contribution >= 0.6 is 0 Å². The van der Waals surface area contributed by atoms with Crippen molar-refractivity contribution >= 4 is 51.3 Å². The van der Waals surface area contributed by atoms with Crippen molar-refractivity contribution in [2.24, 2.45) is 0 Å². The molecule has 0 aliphatic carbocycles. The summed E-state index contributed by atoms with van der Waals surface area (Å²) in [6.45, 7) is 15.1. The van der Waals surface area contributed by atoms with Crippen LogP contribution in [-0.4, -0.2) is 82.5 Å². The molecule has 266 valence electrons. The highest BCUT2D eigenvalue weighted by Gasteiger charge is 2.40. The predicted octanol–water partition coefficient (Wildman–Crippen LogP) is 7.05. The fourth-order valence-electron chi connectivity index (χ4n) is 5.52. The minimum absolute atomic E-state index is 0.349. The lowest BCUT2D eigenvalue weighted by Crippen LogP contribution is -2.46. The largest absolute Gasteiger partial charge is 0.500 e. The fraction of sp³-hybridized carbons (Fsp3) is 0.529. The second-order valence-corrected chi connectivity index (χ2v) is 16.0. The van der Waals surface area contributed by atoms with Gasteiger partial charge in [-0.3, -0.25) is 0 Å². The van der Waals surface area contributed by atoms with E-state index < -0.39 is 29.8 Å². The fourth-order valence-corrected chi connectivity index (χ4v) is 10.7. The Morgan fingerprint density at radius 3 is 1.02 bits per heavy atom. The van der Waals surface area contributed by atoms with Gasteiger partial charge in [0.15, 0.2) is 0 Å². The summed E-state index contributed by atoms with van der Waals surface area (Å²) in [5.74, 6) is 0.745. The molecule has 0 saturated heterocycles. The predicted molar refractivity (Wildman–Crippen MR) is 190 cm³/mol. The van der Waals surface area contributed by atoms with E-state index >= 15 is 0 Å². The van der Waals surface area contributed by atoms with E-state index in [4.69, 9.17) is 36.0 Å². The quantitative estimate of drug-likeness (QED) is 0.0637. The van der Waals surface area contributed by atoms with Crippen LogP contribution < -0.4 is 20.1 Å². The number of hydrogen-bond donors (Lipinski definition) is 2. The minimum atomic E-state index is -2.82. The average Bonchev–Trinajstić information content (AvgIpc) is 3.07. The molecule has 0 aliphatic heterocycles. The summed E-state index contributed by atoms with van der Waals surface area (Å²) >= 11 is 0. The molecule has 2 N–H and O–H groups in total. The first-order valence-electron chi connectivity index (χ1n) is 17.0. The van der Waals surface area contributed by atoms with Gasteiger partial charge in [0.25, 0.3) is 0 Å². The van der Waals surface area contributed by atoms with Gasteiger partial charge in [0.2, 0.25) is 0 Å². The number of carbonyl (C=O) groups is 2. The molecule has 3 aromatic carbocycles. The summed E-state index contributed by atoms with van der Waals surface area (Å²) in [4.78, 5) is 26.1. The third-order valence-electron chi connectivity index (χ3n) is 7.27. The maximum Gasteiger partial charge on any atom is 0.500 e. The lowest BCUT2D eigenvalue weighted by molar-refractivity contribution is 0.0700. The Morgan fingerprint density at radius 2 is 0.771 bits per heavy atom. The van der Waals surface area contributed by atoms with Gasteiger partial charge in [-0.25, -0.2) is 9.59 Å². The maximum atomic E-state index is 13.1. The van der Waals surface area contributed by atoms with E-state index in [1.54, 1.807) is 0 Å². The van der Waals surface area contributed by atoms with E-state index in [-0.39, 0.29) is 0 Å². The van der Waals surface area contributed by atoms with Gasteiger partial charge in [0.05, 0.1) is 0 Å². The number of carbonyl (C=O) groups excluding carboxylic acids is 2. The van der Waals surface area contributed by atoms with Crippen LogP contribution in [-0.2, 0) is 26.6 Å². The SMILES string of the molecule is CCO[Si](CCCNC(=O)Oc1c2ccccc2c(OC(=O)NCCC[Si](OCC)(OCC)OCC)c2ccccc12)(OCC)OCC. The number of hydrogen-bond acceptors (Lipinski definition) is 10. The van der Waals surface area contributed by atoms with Crippen LogP contribution in [0.2, 0.25) is 12.1 Å². The first-order valence-corrected chi connectivity index (χ1v) is 20.9. The molecule has 0 atom stereocenters. The molecule has 0 unspecified atom stereocenters. The van der Waals surface area contributed by atoms with Gasteiger partial charge in [0, 0.05) is 86.4 Å². The molecule has 3 rings (SSSR count). The minimum Gasteiger partial charge on any atom is -0.409 e. The third-order valence-corrected chi connectivity index (χ3v) is 13.6. The molecule has 0 fully saturated rings. The molecular weight excluding hydrogens is 653 g/mol. The molecule has 0 radical (unpaired) electrons. The lowest BCUT2D eigenvalue weighted by atomic mass is 10.0. The van der Waals surface area contributed by atoms with Crippen LogP contribution in [0.1, 0.15) is 54.4 Å². The zero-order chi connectivity index (χ0) is 34.8. The highest BCUT2D eigenvalue weighted by molar-refractivity contribution is 6.61. The van der Waals surface area contributed by atoms with E-state index in [0.717, 1.165) is 0 Å². The number of amides is 2. The van der Waals surface area contributed by atoms with Crippen molar-refractivity contribution in [2.45, 2.75) is 66.5 Å². The van der Waals surface area contributed by atoms with Crippen LogP contribution in [0.5, 0.6) is 11.5 Å². The summed E-state index contributed by atoms with van der Waals surface area (Å²) in [5, 5.41) is 8.21. The van der Waals surface area contributed by atoms with Gasteiger partial charge < -0.3 is 46.7 Å². The van der Waals surface area contributed by atoms with Crippen LogP contribution in [0, 0.1) is 0 Å². The lowest BCUT2D eigenvalue weighted by Gasteiger charge is -2.28. The zero-order valence-corrected chi connectivity index (χ0v) is 31.2. The summed E-state index contributed by atoms with van der Waals surface area (Å²) in [5.41, 5.74) is 0. The summed E-state index contributed by atoms with van der Waals surface area (Å²) < 4.78 is 47.3. The second-order valence-electron chi connectivity index (χ2n) is 10.6. The Kier molecular flexibility index (Phi) is 16.8. The number of benzene rings is 3. The third kappa shape index (κ3) is 11.0. The van der Waals surface area contributed by atoms with Gasteiger partial charge >= 0.3 is 29.8 Å². The molecule has 0 aliphatic rings. The molecule has 12 nitrogen and oxygen atoms in total. The summed E-state index contributed by atoms with van der Waals surface area (Å²) in [7, 11) is -5.64. The number of ether oxygens (including phenoxy) is 2. The summed E-state index contributed by atoms with van der Waals surface area (Å²) in [6.07, 6.45) is -0.00828. The van der Waals surface area contributed by atoms with E-state index in [2.05, 4.69) is 10.6 Å². The van der Waals surface area contributed by atoms with Crippen LogP contribution in [0.4, 0.5) is 9.59 Å². The monoisotopic (exact) mass is 704 g/mol. The molecule has 0 heterocycles. The smallest absolute Gasteiger partial charge is 0.409 e. The molecule has 0 spiro atoms. The molecule has 48 heavy (non-hydrogen) atoms. The highest BCUT2D eigenvalue weighted by atomic mass is 28.4. The van der Waals surface area contributed by atoms with Crippen molar-refractivity contribution in [1.82, 2.24) is 10.6 Å².